The molecular weight excluding hydrogens is 320 g/mol. The Balaban J connectivity index is 1.71. The summed E-state index contributed by atoms with van der Waals surface area (Å²) in [6, 6.07) is 14.0. The van der Waals surface area contributed by atoms with Crippen LogP contribution in [-0.4, -0.2) is 21.4 Å². The van der Waals surface area contributed by atoms with Gasteiger partial charge in [-0.1, -0.05) is 35.5 Å². The number of nitrogens with one attached hydrogen (secondary N) is 1. The molecule has 0 saturated carbocycles. The zero-order chi connectivity index (χ0) is 15.5. The van der Waals surface area contributed by atoms with Crippen LogP contribution in [0.1, 0.15) is 5.56 Å². The molecule has 0 spiro atoms. The zero-order valence-electron chi connectivity index (χ0n) is 11.5. The summed E-state index contributed by atoms with van der Waals surface area (Å²) in [4.78, 5) is 16.4. The highest BCUT2D eigenvalue weighted by Gasteiger charge is 2.30. The molecule has 0 unspecified atom stereocenters. The molecule has 2 aromatic carbocycles. The van der Waals surface area contributed by atoms with Crippen LogP contribution in [0.2, 0.25) is 5.02 Å². The van der Waals surface area contributed by atoms with Crippen molar-refractivity contribution >= 4 is 40.1 Å². The van der Waals surface area contributed by atoms with Crippen LogP contribution in [0, 0.1) is 0 Å². The van der Waals surface area contributed by atoms with Gasteiger partial charge in [0.25, 0.3) is 0 Å². The Morgan fingerprint density at radius 3 is 2.73 bits per heavy atom. The summed E-state index contributed by atoms with van der Waals surface area (Å²) in [5.74, 6) is 0.133. The maximum absolute atomic E-state index is 12.0. The zero-order valence-corrected chi connectivity index (χ0v) is 13.1. The number of hydrogen-bond acceptors (Lipinski definition) is 4. The first kappa shape index (κ1) is 14.9. The van der Waals surface area contributed by atoms with Gasteiger partial charge in [-0.25, -0.2) is 4.99 Å². The summed E-state index contributed by atoms with van der Waals surface area (Å²) in [5.41, 5.74) is 1.70. The Kier molecular flexibility index (Phi) is 4.36. The number of amidine groups is 1. The lowest BCUT2D eigenvalue weighted by molar-refractivity contribution is -0.118. The molecule has 2 aromatic rings. The van der Waals surface area contributed by atoms with E-state index >= 15 is 0 Å². The molecule has 0 bridgehead atoms. The number of carbonyl (C=O) groups excluding carboxylic acids is 1. The van der Waals surface area contributed by atoms with Gasteiger partial charge in [-0.3, -0.25) is 4.79 Å². The lowest BCUT2D eigenvalue weighted by Crippen LogP contribution is -2.25. The quantitative estimate of drug-likeness (QED) is 0.904. The van der Waals surface area contributed by atoms with Crippen LogP contribution in [0.15, 0.2) is 53.5 Å². The number of phenols is 1. The summed E-state index contributed by atoms with van der Waals surface area (Å²) in [6.45, 7) is 0. The van der Waals surface area contributed by atoms with E-state index in [1.807, 2.05) is 24.3 Å². The van der Waals surface area contributed by atoms with Crippen molar-refractivity contribution in [1.29, 1.82) is 0 Å². The van der Waals surface area contributed by atoms with Crippen LogP contribution in [0.3, 0.4) is 0 Å². The highest BCUT2D eigenvalue weighted by molar-refractivity contribution is 8.15. The number of thioether (sulfide) groups is 1. The van der Waals surface area contributed by atoms with E-state index in [4.69, 9.17) is 11.6 Å². The summed E-state index contributed by atoms with van der Waals surface area (Å²) in [5, 5.41) is 13.1. The number of phenolic OH excluding ortho intramolecular Hbond substituents is 1. The normalized spacial score (nSPS) is 19.4. The molecule has 1 aliphatic heterocycles. The van der Waals surface area contributed by atoms with Gasteiger partial charge in [-0.2, -0.15) is 0 Å². The van der Waals surface area contributed by atoms with E-state index in [0.717, 1.165) is 5.56 Å². The van der Waals surface area contributed by atoms with Crippen molar-refractivity contribution in [3.63, 3.8) is 0 Å². The molecule has 0 radical (unpaired) electrons. The summed E-state index contributed by atoms with van der Waals surface area (Å²) in [6.07, 6.45) is 0.603. The third-order valence-corrected chi connectivity index (χ3v) is 4.48. The van der Waals surface area contributed by atoms with Crippen molar-refractivity contribution in [2.45, 2.75) is 11.7 Å². The molecular formula is C16H13ClN2O2S. The SMILES string of the molecule is O=C1NC(=Nc2ccc(O)cc2)S[C@@H]1Cc1cccc(Cl)c1. The van der Waals surface area contributed by atoms with E-state index in [9.17, 15) is 9.90 Å². The van der Waals surface area contributed by atoms with Gasteiger partial charge >= 0.3 is 0 Å². The van der Waals surface area contributed by atoms with Gasteiger partial charge in [-0.15, -0.1) is 0 Å². The predicted octanol–water partition coefficient (Wildman–Crippen LogP) is 3.51. The number of carbonyl (C=O) groups is 1. The van der Waals surface area contributed by atoms with Gasteiger partial charge in [-0.05, 0) is 48.4 Å². The summed E-state index contributed by atoms with van der Waals surface area (Å²) >= 11 is 7.37. The number of aliphatic imine (C=N–C) groups is 1. The average molecular weight is 333 g/mol. The Labute approximate surface area is 137 Å². The molecule has 1 aliphatic rings. The van der Waals surface area contributed by atoms with E-state index in [1.165, 1.54) is 11.8 Å². The van der Waals surface area contributed by atoms with E-state index < -0.39 is 0 Å². The minimum absolute atomic E-state index is 0.0532. The second-order valence-corrected chi connectivity index (χ2v) is 6.49. The first-order chi connectivity index (χ1) is 10.6. The van der Waals surface area contributed by atoms with Crippen molar-refractivity contribution < 1.29 is 9.90 Å². The molecule has 0 aliphatic carbocycles. The minimum Gasteiger partial charge on any atom is -0.508 e. The predicted molar refractivity (Wildman–Crippen MR) is 89.9 cm³/mol. The first-order valence-corrected chi connectivity index (χ1v) is 7.95. The Hall–Kier alpha value is -1.98. The number of aromatic hydroxyl groups is 1. The Bertz CT molecular complexity index is 731. The highest BCUT2D eigenvalue weighted by Crippen LogP contribution is 2.27. The van der Waals surface area contributed by atoms with Crippen LogP contribution in [0.5, 0.6) is 5.75 Å². The monoisotopic (exact) mass is 332 g/mol. The summed E-state index contributed by atoms with van der Waals surface area (Å²) in [7, 11) is 0. The second-order valence-electron chi connectivity index (χ2n) is 4.86. The second kappa shape index (κ2) is 6.42. The summed E-state index contributed by atoms with van der Waals surface area (Å²) < 4.78 is 0. The van der Waals surface area contributed by atoms with Crippen molar-refractivity contribution in [2.75, 3.05) is 0 Å². The van der Waals surface area contributed by atoms with Gasteiger partial charge in [0, 0.05) is 5.02 Å². The molecule has 1 amide bonds. The third-order valence-electron chi connectivity index (χ3n) is 3.17. The molecule has 2 N–H and O–H groups in total. The number of hydrogen-bond donors (Lipinski definition) is 2. The number of rotatable bonds is 3. The fourth-order valence-electron chi connectivity index (χ4n) is 2.11. The molecule has 4 nitrogen and oxygen atoms in total. The number of amides is 1. The van der Waals surface area contributed by atoms with Crippen molar-refractivity contribution in [3.8, 4) is 5.75 Å². The lowest BCUT2D eigenvalue weighted by Gasteiger charge is -2.05. The Morgan fingerprint density at radius 1 is 1.23 bits per heavy atom. The third kappa shape index (κ3) is 3.61. The largest absolute Gasteiger partial charge is 0.508 e. The number of benzene rings is 2. The van der Waals surface area contributed by atoms with E-state index in [2.05, 4.69) is 10.3 Å². The maximum Gasteiger partial charge on any atom is 0.239 e. The van der Waals surface area contributed by atoms with Gasteiger partial charge in [0.2, 0.25) is 5.91 Å². The highest BCUT2D eigenvalue weighted by atomic mass is 35.5. The fraction of sp³-hybridized carbons (Fsp3) is 0.125. The smallest absolute Gasteiger partial charge is 0.239 e. The molecule has 1 saturated heterocycles. The van der Waals surface area contributed by atoms with E-state index in [1.54, 1.807) is 24.3 Å². The number of halogens is 1. The van der Waals surface area contributed by atoms with Crippen molar-refractivity contribution in [1.82, 2.24) is 5.32 Å². The van der Waals surface area contributed by atoms with Crippen LogP contribution in [-0.2, 0) is 11.2 Å². The standard InChI is InChI=1S/C16H13ClN2O2S/c17-11-3-1-2-10(8-11)9-14-15(21)19-16(22-14)18-12-4-6-13(20)7-5-12/h1-8,14,20H,9H2,(H,18,19,21)/t14-/m1/s1. The first-order valence-electron chi connectivity index (χ1n) is 6.70. The Morgan fingerprint density at radius 2 is 2.00 bits per heavy atom. The van der Waals surface area contributed by atoms with E-state index in [-0.39, 0.29) is 16.9 Å². The number of nitrogens with zero attached hydrogens (tertiary/aromatic N) is 1. The molecule has 0 aromatic heterocycles. The van der Waals surface area contributed by atoms with Crippen LogP contribution >= 0.6 is 23.4 Å². The van der Waals surface area contributed by atoms with E-state index in [0.29, 0.717) is 22.3 Å². The molecule has 6 heteroatoms. The molecule has 3 rings (SSSR count). The van der Waals surface area contributed by atoms with Crippen molar-refractivity contribution in [3.05, 3.63) is 59.1 Å². The molecule has 1 fully saturated rings. The van der Waals surface area contributed by atoms with Crippen LogP contribution < -0.4 is 5.32 Å². The van der Waals surface area contributed by atoms with Gasteiger partial charge in [0.05, 0.1) is 10.9 Å². The van der Waals surface area contributed by atoms with Gasteiger partial charge in [0.1, 0.15) is 5.75 Å². The molecule has 1 atom stereocenters. The van der Waals surface area contributed by atoms with Crippen molar-refractivity contribution in [2.24, 2.45) is 4.99 Å². The fourth-order valence-corrected chi connectivity index (χ4v) is 3.36. The van der Waals surface area contributed by atoms with Gasteiger partial charge in [0.15, 0.2) is 5.17 Å². The molecule has 1 heterocycles. The molecule has 112 valence electrons. The maximum atomic E-state index is 12.0. The molecule has 22 heavy (non-hydrogen) atoms. The lowest BCUT2D eigenvalue weighted by atomic mass is 10.1. The minimum atomic E-state index is -0.214. The topological polar surface area (TPSA) is 61.7 Å². The van der Waals surface area contributed by atoms with Gasteiger partial charge < -0.3 is 10.4 Å². The average Bonchev–Trinajstić information content (AvgIpc) is 2.81. The van der Waals surface area contributed by atoms with Crippen LogP contribution in [0.4, 0.5) is 5.69 Å². The van der Waals surface area contributed by atoms with Crippen LogP contribution in [0.25, 0.3) is 0 Å².